The van der Waals surface area contributed by atoms with Crippen molar-refractivity contribution in [3.63, 3.8) is 0 Å². The van der Waals surface area contributed by atoms with E-state index in [0.29, 0.717) is 13.2 Å². The van der Waals surface area contributed by atoms with Crippen LogP contribution >= 0.6 is 11.6 Å². The van der Waals surface area contributed by atoms with E-state index >= 15 is 0 Å². The molecule has 0 aliphatic carbocycles. The molecule has 5 heteroatoms. The van der Waals surface area contributed by atoms with Crippen molar-refractivity contribution in [1.29, 1.82) is 0 Å². The summed E-state index contributed by atoms with van der Waals surface area (Å²) in [6.07, 6.45) is 3.96. The Morgan fingerprint density at radius 3 is 2.62 bits per heavy atom. The monoisotopic (exact) mass is 350 g/mol. The maximum Gasteiger partial charge on any atom is 0.249 e. The van der Waals surface area contributed by atoms with Crippen LogP contribution < -0.4 is 5.32 Å². The van der Waals surface area contributed by atoms with Gasteiger partial charge in [-0.25, -0.2) is 0 Å². The number of nitrogens with zero attached hydrogens (tertiary/aromatic N) is 1. The highest BCUT2D eigenvalue weighted by Crippen LogP contribution is 2.27. The van der Waals surface area contributed by atoms with Crippen molar-refractivity contribution in [2.75, 3.05) is 26.2 Å². The number of hydrogen-bond donors (Lipinski definition) is 1. The lowest BCUT2D eigenvalue weighted by molar-refractivity contribution is -0.130. The van der Waals surface area contributed by atoms with Gasteiger partial charge < -0.3 is 10.1 Å². The summed E-state index contributed by atoms with van der Waals surface area (Å²) < 4.78 is 5.48. The van der Waals surface area contributed by atoms with E-state index < -0.39 is 0 Å². The Hall–Kier alpha value is -1.10. The van der Waals surface area contributed by atoms with Crippen LogP contribution in [0.5, 0.6) is 0 Å². The van der Waals surface area contributed by atoms with Gasteiger partial charge in [0.2, 0.25) is 5.91 Å². The van der Waals surface area contributed by atoms with Crippen molar-refractivity contribution >= 4 is 17.5 Å². The number of carbonyl (C=O) groups excluding carboxylic acids is 1. The average molecular weight is 351 g/mol. The molecule has 24 heavy (non-hydrogen) atoms. The molecule has 2 saturated heterocycles. The van der Waals surface area contributed by atoms with Crippen LogP contribution in [0, 0.1) is 5.92 Å². The molecule has 2 unspecified atom stereocenters. The van der Waals surface area contributed by atoms with Crippen LogP contribution in [0.2, 0.25) is 5.02 Å². The molecule has 1 aromatic carbocycles. The third-order valence-electron chi connectivity index (χ3n) is 5.21. The lowest BCUT2D eigenvalue weighted by Crippen LogP contribution is -2.44. The summed E-state index contributed by atoms with van der Waals surface area (Å²) in [6, 6.07) is 8.20. The van der Waals surface area contributed by atoms with E-state index in [0.717, 1.165) is 36.9 Å². The molecule has 4 nitrogen and oxygen atoms in total. The minimum absolute atomic E-state index is 0.0249. The number of carbonyl (C=O) groups is 1. The zero-order chi connectivity index (χ0) is 16.9. The third kappa shape index (κ3) is 4.50. The van der Waals surface area contributed by atoms with Gasteiger partial charge >= 0.3 is 0 Å². The second-order valence-electron chi connectivity index (χ2n) is 7.03. The quantitative estimate of drug-likeness (QED) is 0.884. The smallest absolute Gasteiger partial charge is 0.249 e. The first-order valence-electron chi connectivity index (χ1n) is 9.02. The summed E-state index contributed by atoms with van der Waals surface area (Å²) in [4.78, 5) is 14.8. The topological polar surface area (TPSA) is 41.6 Å². The van der Waals surface area contributed by atoms with Crippen LogP contribution in [0.1, 0.15) is 44.2 Å². The van der Waals surface area contributed by atoms with Gasteiger partial charge in [-0.05, 0) is 62.4 Å². The predicted molar refractivity (Wildman–Crippen MR) is 96.1 cm³/mol. The number of likely N-dealkylation sites (tertiary alicyclic amines) is 1. The third-order valence-corrected chi connectivity index (χ3v) is 5.46. The number of piperidine rings is 1. The van der Waals surface area contributed by atoms with E-state index in [1.807, 2.05) is 12.1 Å². The zero-order valence-corrected chi connectivity index (χ0v) is 15.1. The van der Waals surface area contributed by atoms with Gasteiger partial charge in [-0.3, -0.25) is 9.69 Å². The van der Waals surface area contributed by atoms with E-state index in [2.05, 4.69) is 29.3 Å². The lowest BCUT2D eigenvalue weighted by Gasteiger charge is -2.37. The summed E-state index contributed by atoms with van der Waals surface area (Å²) in [6.45, 7) is 5.78. The fourth-order valence-corrected chi connectivity index (χ4v) is 3.70. The van der Waals surface area contributed by atoms with Gasteiger partial charge in [-0.15, -0.1) is 0 Å². The van der Waals surface area contributed by atoms with Gasteiger partial charge in [0.05, 0.1) is 6.04 Å². The average Bonchev–Trinajstić information content (AvgIpc) is 3.12. The lowest BCUT2D eigenvalue weighted by atomic mass is 9.95. The standard InChI is InChI=1S/C19H27ClN2O2/c1-14-8-10-22(11-9-14)17(15-4-6-16(20)7-5-15)13-21-19(23)18-3-2-12-24-18/h4-7,14,17-18H,2-3,8-13H2,1H3,(H,21,23). The van der Waals surface area contributed by atoms with Crippen LogP contribution in [0.15, 0.2) is 24.3 Å². The Balaban J connectivity index is 1.66. The Labute approximate surface area is 149 Å². The first-order chi connectivity index (χ1) is 11.6. The molecule has 132 valence electrons. The molecule has 2 atom stereocenters. The van der Waals surface area contributed by atoms with E-state index in [1.165, 1.54) is 18.4 Å². The molecule has 0 spiro atoms. The van der Waals surface area contributed by atoms with Gasteiger partial charge in [-0.2, -0.15) is 0 Å². The highest BCUT2D eigenvalue weighted by molar-refractivity contribution is 6.30. The summed E-state index contributed by atoms with van der Waals surface area (Å²) in [5, 5.41) is 3.85. The Bertz CT molecular complexity index is 535. The predicted octanol–water partition coefficient (Wildman–Crippen LogP) is 3.41. The fourth-order valence-electron chi connectivity index (χ4n) is 3.58. The number of benzene rings is 1. The number of amides is 1. The SMILES string of the molecule is CC1CCN(C(CNC(=O)C2CCCO2)c2ccc(Cl)cc2)CC1. The first kappa shape index (κ1) is 17.7. The summed E-state index contributed by atoms with van der Waals surface area (Å²) in [5.41, 5.74) is 1.21. The molecule has 2 fully saturated rings. The molecule has 2 aliphatic rings. The van der Waals surface area contributed by atoms with Crippen molar-refractivity contribution in [1.82, 2.24) is 10.2 Å². The van der Waals surface area contributed by atoms with Gasteiger partial charge in [0.1, 0.15) is 6.10 Å². The minimum Gasteiger partial charge on any atom is -0.368 e. The summed E-state index contributed by atoms with van der Waals surface area (Å²) in [5.74, 6) is 0.811. The van der Waals surface area contributed by atoms with Gasteiger partial charge in [0.15, 0.2) is 0 Å². The van der Waals surface area contributed by atoms with Crippen molar-refractivity contribution in [3.05, 3.63) is 34.9 Å². The molecule has 1 amide bonds. The molecular weight excluding hydrogens is 324 g/mol. The van der Waals surface area contributed by atoms with Crippen LogP contribution in [0.3, 0.4) is 0 Å². The molecule has 2 heterocycles. The highest BCUT2D eigenvalue weighted by Gasteiger charge is 2.28. The van der Waals surface area contributed by atoms with E-state index in [-0.39, 0.29) is 18.1 Å². The van der Waals surface area contributed by atoms with Gasteiger partial charge in [0.25, 0.3) is 0 Å². The van der Waals surface area contributed by atoms with E-state index in [1.54, 1.807) is 0 Å². The normalized spacial score (nSPS) is 24.0. The van der Waals surface area contributed by atoms with Crippen LogP contribution in [0.4, 0.5) is 0 Å². The second kappa shape index (κ2) is 8.32. The molecular formula is C19H27ClN2O2. The maximum atomic E-state index is 12.3. The molecule has 1 aromatic rings. The molecule has 0 aromatic heterocycles. The fraction of sp³-hybridized carbons (Fsp3) is 0.632. The molecule has 3 rings (SSSR count). The molecule has 1 N–H and O–H groups in total. The zero-order valence-electron chi connectivity index (χ0n) is 14.3. The highest BCUT2D eigenvalue weighted by atomic mass is 35.5. The van der Waals surface area contributed by atoms with Crippen molar-refractivity contribution in [3.8, 4) is 0 Å². The molecule has 0 radical (unpaired) electrons. The first-order valence-corrected chi connectivity index (χ1v) is 9.40. The Morgan fingerprint density at radius 2 is 2.00 bits per heavy atom. The minimum atomic E-state index is -0.266. The van der Waals surface area contributed by atoms with Crippen molar-refractivity contribution in [2.24, 2.45) is 5.92 Å². The van der Waals surface area contributed by atoms with E-state index in [9.17, 15) is 4.79 Å². The second-order valence-corrected chi connectivity index (χ2v) is 7.47. The Kier molecular flexibility index (Phi) is 6.14. The number of rotatable bonds is 5. The molecule has 2 aliphatic heterocycles. The van der Waals surface area contributed by atoms with Crippen LogP contribution in [0.25, 0.3) is 0 Å². The van der Waals surface area contributed by atoms with Gasteiger partial charge in [-0.1, -0.05) is 30.7 Å². The largest absolute Gasteiger partial charge is 0.368 e. The number of halogens is 1. The molecule has 0 bridgehead atoms. The van der Waals surface area contributed by atoms with Crippen molar-refractivity contribution < 1.29 is 9.53 Å². The number of ether oxygens (including phenoxy) is 1. The number of hydrogen-bond acceptors (Lipinski definition) is 3. The number of nitrogens with one attached hydrogen (secondary N) is 1. The van der Waals surface area contributed by atoms with Crippen molar-refractivity contribution in [2.45, 2.75) is 44.8 Å². The summed E-state index contributed by atoms with van der Waals surface area (Å²) in [7, 11) is 0. The van der Waals surface area contributed by atoms with Gasteiger partial charge in [0, 0.05) is 18.2 Å². The maximum absolute atomic E-state index is 12.3. The van der Waals surface area contributed by atoms with Crippen LogP contribution in [-0.2, 0) is 9.53 Å². The summed E-state index contributed by atoms with van der Waals surface area (Å²) >= 11 is 6.03. The van der Waals surface area contributed by atoms with Crippen LogP contribution in [-0.4, -0.2) is 43.2 Å². The Morgan fingerprint density at radius 1 is 1.29 bits per heavy atom. The van der Waals surface area contributed by atoms with E-state index in [4.69, 9.17) is 16.3 Å². The molecule has 0 saturated carbocycles.